The van der Waals surface area contributed by atoms with Gasteiger partial charge in [0.1, 0.15) is 29.8 Å². The second kappa shape index (κ2) is 7.54. The normalized spacial score (nSPS) is 16.5. The van der Waals surface area contributed by atoms with E-state index in [9.17, 15) is 4.39 Å². The molecule has 1 aromatic heterocycles. The highest BCUT2D eigenvalue weighted by Gasteiger charge is 2.19. The number of hydrogen-bond acceptors (Lipinski definition) is 6. The molecule has 0 amide bonds. The first-order chi connectivity index (χ1) is 13.1. The third kappa shape index (κ3) is 3.74. The molecule has 0 aliphatic carbocycles. The highest BCUT2D eigenvalue weighted by molar-refractivity contribution is 6.31. The van der Waals surface area contributed by atoms with Gasteiger partial charge in [-0.25, -0.2) is 14.4 Å². The monoisotopic (exact) mass is 388 g/mol. The molecule has 2 aromatic carbocycles. The van der Waals surface area contributed by atoms with Crippen LogP contribution in [-0.4, -0.2) is 36.3 Å². The van der Waals surface area contributed by atoms with Crippen molar-refractivity contribution in [2.45, 2.75) is 12.5 Å². The van der Waals surface area contributed by atoms with Crippen LogP contribution in [0.1, 0.15) is 6.42 Å². The summed E-state index contributed by atoms with van der Waals surface area (Å²) in [7, 11) is 1.83. The summed E-state index contributed by atoms with van der Waals surface area (Å²) >= 11 is 5.86. The van der Waals surface area contributed by atoms with Gasteiger partial charge in [0.05, 0.1) is 29.4 Å². The molecule has 27 heavy (non-hydrogen) atoms. The lowest BCUT2D eigenvalue weighted by molar-refractivity contribution is 0.142. The molecule has 1 fully saturated rings. The molecule has 1 aliphatic heterocycles. The van der Waals surface area contributed by atoms with Crippen molar-refractivity contribution in [2.24, 2.45) is 0 Å². The summed E-state index contributed by atoms with van der Waals surface area (Å²) in [6.07, 6.45) is 2.37. The van der Waals surface area contributed by atoms with Crippen LogP contribution in [0.3, 0.4) is 0 Å². The number of fused-ring (bicyclic) bond motifs is 1. The zero-order chi connectivity index (χ0) is 18.8. The first kappa shape index (κ1) is 17.8. The minimum atomic E-state index is -0.468. The fourth-order valence-electron chi connectivity index (χ4n) is 2.97. The SMILES string of the molecule is CNc1cc2c(Nc3ccc(F)c(Cl)c3)ncnc2cc1OC1CCOC1. The number of nitrogens with zero attached hydrogens (tertiary/aromatic N) is 2. The number of ether oxygens (including phenoxy) is 2. The van der Waals surface area contributed by atoms with Gasteiger partial charge in [-0.3, -0.25) is 0 Å². The van der Waals surface area contributed by atoms with Crippen molar-refractivity contribution in [2.75, 3.05) is 30.9 Å². The fraction of sp³-hybridized carbons (Fsp3) is 0.263. The number of anilines is 3. The molecule has 2 heterocycles. The predicted molar refractivity (Wildman–Crippen MR) is 104 cm³/mol. The third-order valence-electron chi connectivity index (χ3n) is 4.37. The molecule has 1 saturated heterocycles. The van der Waals surface area contributed by atoms with E-state index < -0.39 is 5.82 Å². The average Bonchev–Trinajstić information content (AvgIpc) is 3.17. The molecule has 0 bridgehead atoms. The van der Waals surface area contributed by atoms with Crippen LogP contribution in [0.2, 0.25) is 5.02 Å². The standard InChI is InChI=1S/C19H18ClFN4O2/c1-22-17-7-13-16(8-18(17)27-12-4-5-26-9-12)23-10-24-19(13)25-11-2-3-15(21)14(20)6-11/h2-3,6-8,10,12,22H,4-5,9H2,1H3,(H,23,24,25). The minimum Gasteiger partial charge on any atom is -0.486 e. The van der Waals surface area contributed by atoms with Crippen LogP contribution >= 0.6 is 11.6 Å². The Labute approximate surface area is 160 Å². The van der Waals surface area contributed by atoms with E-state index in [4.69, 9.17) is 21.1 Å². The number of aromatic nitrogens is 2. The first-order valence-electron chi connectivity index (χ1n) is 8.57. The Bertz CT molecular complexity index is 979. The summed E-state index contributed by atoms with van der Waals surface area (Å²) in [5.41, 5.74) is 2.19. The largest absolute Gasteiger partial charge is 0.486 e. The number of nitrogens with one attached hydrogen (secondary N) is 2. The van der Waals surface area contributed by atoms with Crippen LogP contribution in [0.4, 0.5) is 21.6 Å². The number of benzene rings is 2. The topological polar surface area (TPSA) is 68.3 Å². The molecule has 6 nitrogen and oxygen atoms in total. The van der Waals surface area contributed by atoms with E-state index in [0.29, 0.717) is 24.7 Å². The van der Waals surface area contributed by atoms with Gasteiger partial charge in [0.15, 0.2) is 0 Å². The molecule has 8 heteroatoms. The van der Waals surface area contributed by atoms with Crippen molar-refractivity contribution in [3.8, 4) is 5.75 Å². The van der Waals surface area contributed by atoms with E-state index in [1.807, 2.05) is 19.2 Å². The molecular weight excluding hydrogens is 371 g/mol. The quantitative estimate of drug-likeness (QED) is 0.676. The van der Waals surface area contributed by atoms with E-state index in [1.165, 1.54) is 18.5 Å². The molecule has 0 radical (unpaired) electrons. The predicted octanol–water partition coefficient (Wildman–Crippen LogP) is 4.38. The zero-order valence-electron chi connectivity index (χ0n) is 14.6. The molecule has 1 unspecified atom stereocenters. The Morgan fingerprint density at radius 3 is 2.89 bits per heavy atom. The summed E-state index contributed by atoms with van der Waals surface area (Å²) in [4.78, 5) is 8.66. The lowest BCUT2D eigenvalue weighted by Crippen LogP contribution is -2.16. The van der Waals surface area contributed by atoms with Gasteiger partial charge in [-0.15, -0.1) is 0 Å². The Hall–Kier alpha value is -2.64. The smallest absolute Gasteiger partial charge is 0.145 e. The molecule has 140 valence electrons. The van der Waals surface area contributed by atoms with Crippen molar-refractivity contribution >= 4 is 39.7 Å². The van der Waals surface area contributed by atoms with Gasteiger partial charge >= 0.3 is 0 Å². The summed E-state index contributed by atoms with van der Waals surface area (Å²) in [6.45, 7) is 1.30. The van der Waals surface area contributed by atoms with E-state index >= 15 is 0 Å². The van der Waals surface area contributed by atoms with E-state index in [0.717, 1.165) is 28.8 Å². The maximum absolute atomic E-state index is 13.4. The molecule has 0 saturated carbocycles. The molecule has 4 rings (SSSR count). The second-order valence-electron chi connectivity index (χ2n) is 6.20. The lowest BCUT2D eigenvalue weighted by Gasteiger charge is -2.17. The Balaban J connectivity index is 1.70. The van der Waals surface area contributed by atoms with Crippen LogP contribution in [0.5, 0.6) is 5.75 Å². The van der Waals surface area contributed by atoms with Gasteiger partial charge in [0.25, 0.3) is 0 Å². The van der Waals surface area contributed by atoms with Crippen LogP contribution in [-0.2, 0) is 4.74 Å². The summed E-state index contributed by atoms with van der Waals surface area (Å²) in [6, 6.07) is 8.23. The summed E-state index contributed by atoms with van der Waals surface area (Å²) < 4.78 is 24.8. The molecule has 0 spiro atoms. The Kier molecular flexibility index (Phi) is 4.96. The van der Waals surface area contributed by atoms with E-state index in [2.05, 4.69) is 20.6 Å². The van der Waals surface area contributed by atoms with Crippen molar-refractivity contribution in [3.63, 3.8) is 0 Å². The molecular formula is C19H18ClFN4O2. The minimum absolute atomic E-state index is 0.0374. The molecule has 1 aliphatic rings. The highest BCUT2D eigenvalue weighted by Crippen LogP contribution is 2.34. The second-order valence-corrected chi connectivity index (χ2v) is 6.60. The van der Waals surface area contributed by atoms with Gasteiger partial charge in [0.2, 0.25) is 0 Å². The summed E-state index contributed by atoms with van der Waals surface area (Å²) in [5, 5.41) is 7.17. The highest BCUT2D eigenvalue weighted by atomic mass is 35.5. The maximum atomic E-state index is 13.4. The van der Waals surface area contributed by atoms with Gasteiger partial charge in [-0.05, 0) is 24.3 Å². The Morgan fingerprint density at radius 2 is 2.15 bits per heavy atom. The lowest BCUT2D eigenvalue weighted by atomic mass is 10.1. The van der Waals surface area contributed by atoms with Crippen LogP contribution in [0.15, 0.2) is 36.7 Å². The van der Waals surface area contributed by atoms with Gasteiger partial charge in [-0.1, -0.05) is 11.6 Å². The first-order valence-corrected chi connectivity index (χ1v) is 8.95. The van der Waals surface area contributed by atoms with Crippen LogP contribution in [0, 0.1) is 5.82 Å². The number of halogens is 2. The van der Waals surface area contributed by atoms with Crippen LogP contribution in [0.25, 0.3) is 10.9 Å². The molecule has 2 N–H and O–H groups in total. The van der Waals surface area contributed by atoms with Gasteiger partial charge in [-0.2, -0.15) is 0 Å². The van der Waals surface area contributed by atoms with Gasteiger partial charge < -0.3 is 20.1 Å². The number of hydrogen-bond donors (Lipinski definition) is 2. The molecule has 3 aromatic rings. The third-order valence-corrected chi connectivity index (χ3v) is 4.66. The summed E-state index contributed by atoms with van der Waals surface area (Å²) in [5.74, 6) is 0.842. The molecule has 1 atom stereocenters. The van der Waals surface area contributed by atoms with Gasteiger partial charge in [0, 0.05) is 30.6 Å². The Morgan fingerprint density at radius 1 is 1.26 bits per heavy atom. The number of rotatable bonds is 5. The zero-order valence-corrected chi connectivity index (χ0v) is 15.4. The van der Waals surface area contributed by atoms with Crippen molar-refractivity contribution < 1.29 is 13.9 Å². The van der Waals surface area contributed by atoms with Crippen molar-refractivity contribution in [1.82, 2.24) is 9.97 Å². The van der Waals surface area contributed by atoms with Crippen molar-refractivity contribution in [1.29, 1.82) is 0 Å². The van der Waals surface area contributed by atoms with E-state index in [1.54, 1.807) is 6.07 Å². The van der Waals surface area contributed by atoms with Crippen LogP contribution < -0.4 is 15.4 Å². The average molecular weight is 389 g/mol. The fourth-order valence-corrected chi connectivity index (χ4v) is 3.15. The van der Waals surface area contributed by atoms with Crippen molar-refractivity contribution in [3.05, 3.63) is 47.5 Å². The maximum Gasteiger partial charge on any atom is 0.145 e. The van der Waals surface area contributed by atoms with E-state index in [-0.39, 0.29) is 11.1 Å².